The van der Waals surface area contributed by atoms with Crippen LogP contribution in [-0.2, 0) is 149 Å². The topological polar surface area (TPSA) is 501 Å². The molecule has 0 saturated carbocycles. The third kappa shape index (κ3) is 43.8. The zero-order chi connectivity index (χ0) is 106. The van der Waals surface area contributed by atoms with Crippen molar-refractivity contribution < 1.29 is 242 Å². The SMILES string of the molecule is C=O.CCOC(=O)CC(=O)CC(=O)OCC.CCOC(=O)CC1(CC(=O)OCC)OCCO1.O=S(=O)(N(c1ccc(Cl)cn1)S(=O)(=O)C(F)(F)F)C(F)(F)F.OCCO.[2H]C([2H])(O)CC1(CC([2H])([2H])O)OCCO1.[2H]C1([2H])C=C(OS(=O)(=O)C(F)(F)F)CC([2H])([2H])O1.[2H]C1([2H])C=C(OS(=O)(=O)C(F)(F)F)CC([2H])([2H])O1.[2H]C1([2H])CC(=O)CC([2H])([2H])O1.[2H]C1([2H])CC2(CC([2H])([2H])O1)OCCO2. The van der Waals surface area contributed by atoms with Gasteiger partial charge in [0.1, 0.15) is 49.8 Å². The molecule has 0 unspecified atom stereocenters. The van der Waals surface area contributed by atoms with Crippen molar-refractivity contribution in [3.05, 3.63) is 47.0 Å². The molecule has 1 spiro atoms. The predicted octanol–water partition coefficient (Wildman–Crippen LogP) is 4.84. The van der Waals surface area contributed by atoms with Gasteiger partial charge in [0.25, 0.3) is 0 Å². The van der Waals surface area contributed by atoms with E-state index in [9.17, 15) is 115 Å². The molecular formula is C61H91ClF12N2O35S4. The number of esters is 4. The van der Waals surface area contributed by atoms with Gasteiger partial charge < -0.3 is 99.9 Å². The van der Waals surface area contributed by atoms with E-state index in [-0.39, 0.29) is 115 Å². The molecule has 0 aromatic carbocycles. The summed E-state index contributed by atoms with van der Waals surface area (Å²) in [6.45, 7) is -12.9. The van der Waals surface area contributed by atoms with Gasteiger partial charge in [-0.25, -0.2) is 4.98 Å². The van der Waals surface area contributed by atoms with Crippen molar-refractivity contribution in [2.24, 2.45) is 0 Å². The summed E-state index contributed by atoms with van der Waals surface area (Å²) in [6.07, 6.45) is -3.67. The summed E-state index contributed by atoms with van der Waals surface area (Å²) in [4.78, 5) is 77.0. The number of aliphatic hydroxyl groups is 4. The first-order chi connectivity index (χ1) is 60.5. The van der Waals surface area contributed by atoms with Crippen LogP contribution in [0.5, 0.6) is 0 Å². The number of alkyl halides is 12. The normalized spacial score (nSPS) is 23.9. The number of Topliss-reactive ketones (excluding diaryl/α,β-unsaturated/α-hetero) is 2. The zero-order valence-corrected chi connectivity index (χ0v) is 64.0. The van der Waals surface area contributed by atoms with E-state index in [0.717, 1.165) is 0 Å². The zero-order valence-electron chi connectivity index (χ0n) is 79.9. The first kappa shape index (κ1) is 78.5. The largest absolute Gasteiger partial charge is 0.534 e. The fourth-order valence-corrected chi connectivity index (χ4v) is 10.7. The lowest BCUT2D eigenvalue weighted by Gasteiger charge is -2.30. The van der Waals surface area contributed by atoms with Crippen molar-refractivity contribution in [1.82, 2.24) is 4.98 Å². The van der Waals surface area contributed by atoms with Crippen LogP contribution >= 0.6 is 11.6 Å². The van der Waals surface area contributed by atoms with Crippen molar-refractivity contribution in [1.29, 1.82) is 0 Å². The van der Waals surface area contributed by atoms with Gasteiger partial charge in [0.05, 0.1) is 164 Å². The Morgan fingerprint density at radius 2 is 0.861 bits per heavy atom. The van der Waals surface area contributed by atoms with Crippen molar-refractivity contribution in [3.8, 4) is 0 Å². The molecule has 0 atom stereocenters. The smallest absolute Gasteiger partial charge is 0.466 e. The number of anilines is 1. The van der Waals surface area contributed by atoms with E-state index in [0.29, 0.717) is 50.8 Å². The summed E-state index contributed by atoms with van der Waals surface area (Å²) >= 11 is 5.30. The Labute approximate surface area is 685 Å². The molecule has 670 valence electrons. The Bertz CT molecular complexity index is 4300. The van der Waals surface area contributed by atoms with Crippen LogP contribution in [0.1, 0.15) is 132 Å². The molecule has 5 saturated heterocycles. The van der Waals surface area contributed by atoms with Gasteiger partial charge in [-0.1, -0.05) is 11.6 Å². The highest BCUT2D eigenvalue weighted by Crippen LogP contribution is 2.39. The van der Waals surface area contributed by atoms with Crippen molar-refractivity contribution >= 4 is 99.9 Å². The first-order valence-corrected chi connectivity index (χ1v) is 37.3. The molecule has 8 heterocycles. The molecule has 0 bridgehead atoms. The number of hydrogen-bond acceptors (Lipinski definition) is 36. The molecule has 5 fully saturated rings. The number of pyridine rings is 1. The number of nitrogens with zero attached hydrogens (tertiary/aromatic N) is 2. The summed E-state index contributed by atoms with van der Waals surface area (Å²) in [5.41, 5.74) is -24.0. The van der Waals surface area contributed by atoms with E-state index in [4.69, 9.17) is 102 Å². The van der Waals surface area contributed by atoms with Gasteiger partial charge in [0, 0.05) is 70.7 Å². The number of aromatic nitrogens is 1. The summed E-state index contributed by atoms with van der Waals surface area (Å²) in [5, 5.41) is 33.0. The van der Waals surface area contributed by atoms with Gasteiger partial charge in [0.2, 0.25) is 0 Å². The molecule has 7 aliphatic heterocycles. The fourth-order valence-electron chi connectivity index (χ4n) is 7.01. The minimum atomic E-state index is -6.93. The number of sulfonamides is 2. The molecule has 1 aromatic rings. The summed E-state index contributed by atoms with van der Waals surface area (Å²) in [7, 11) is -25.8. The molecule has 1 aromatic heterocycles. The van der Waals surface area contributed by atoms with Crippen molar-refractivity contribution in [2.75, 3.05) is 149 Å². The third-order valence-electron chi connectivity index (χ3n) is 11.6. The van der Waals surface area contributed by atoms with Gasteiger partial charge in [-0.2, -0.15) is 86.4 Å². The fraction of sp³-hybridized carbons (Fsp3) is 0.738. The van der Waals surface area contributed by atoms with Crippen LogP contribution in [0.15, 0.2) is 42.0 Å². The Hall–Kier alpha value is -6.39. The summed E-state index contributed by atoms with van der Waals surface area (Å²) in [5.74, 6) is -10.6. The minimum absolute atomic E-state index is 0.0838. The van der Waals surface area contributed by atoms with E-state index >= 15 is 0 Å². The molecule has 0 aliphatic carbocycles. The number of ether oxygens (including phenoxy) is 14. The molecule has 54 heteroatoms. The molecule has 115 heavy (non-hydrogen) atoms. The van der Waals surface area contributed by atoms with Gasteiger partial charge in [-0.05, 0) is 52.0 Å². The Morgan fingerprint density at radius 3 is 1.17 bits per heavy atom. The maximum atomic E-state index is 12.5. The number of rotatable bonds is 24. The maximum Gasteiger partial charge on any atom is 0.534 e. The monoisotopic (exact) mass is 1820 g/mol. The predicted molar refractivity (Wildman–Crippen MR) is 365 cm³/mol. The van der Waals surface area contributed by atoms with Crippen molar-refractivity contribution in [2.45, 2.75) is 144 Å². The number of ketones is 2. The second-order valence-electron chi connectivity index (χ2n) is 20.1. The molecule has 37 nitrogen and oxygen atoms in total. The Kier molecular flexibility index (Phi) is 37.8. The molecule has 4 N–H and O–H groups in total. The van der Waals surface area contributed by atoms with Gasteiger partial charge in [-0.15, -0.1) is 3.71 Å². The van der Waals surface area contributed by atoms with Gasteiger partial charge >= 0.3 is 86.2 Å². The van der Waals surface area contributed by atoms with Crippen LogP contribution < -0.4 is 3.71 Å². The minimum Gasteiger partial charge on any atom is -0.466 e. The quantitative estimate of drug-likeness (QED) is 0.0269. The highest BCUT2D eigenvalue weighted by atomic mass is 35.5. The lowest BCUT2D eigenvalue weighted by atomic mass is 10.1. The molecular weight excluding hydrogens is 1710 g/mol. The number of aliphatic hydroxyl groups excluding tert-OH is 2. The lowest BCUT2D eigenvalue weighted by molar-refractivity contribution is -0.202. The second kappa shape index (κ2) is 55.4. The number of halogens is 13. The van der Waals surface area contributed by atoms with E-state index in [2.05, 4.69) is 41.8 Å². The number of carbonyl (C=O) groups excluding carboxylic acids is 7. The molecule has 7 aliphatic rings. The van der Waals surface area contributed by atoms with Crippen LogP contribution in [0, 0.1) is 0 Å². The van der Waals surface area contributed by atoms with E-state index in [1.165, 1.54) is 0 Å². The average molecular weight is 1820 g/mol. The van der Waals surface area contributed by atoms with E-state index in [1.54, 1.807) is 27.7 Å². The first-order valence-electron chi connectivity index (χ1n) is 41.2. The van der Waals surface area contributed by atoms with Crippen molar-refractivity contribution in [3.63, 3.8) is 0 Å². The molecule has 8 rings (SSSR count). The van der Waals surface area contributed by atoms with Gasteiger partial charge in [-0.3, -0.25) is 28.8 Å². The van der Waals surface area contributed by atoms with E-state index < -0.39 is 227 Å². The average Bonchev–Trinajstić information content (AvgIpc) is 1.09. The highest BCUT2D eigenvalue weighted by molar-refractivity contribution is 8.11. The summed E-state index contributed by atoms with van der Waals surface area (Å²) in [6, 6.07) is 0.934. The Morgan fingerprint density at radius 1 is 0.522 bits per heavy atom. The van der Waals surface area contributed by atoms with E-state index in [1.807, 2.05) is 6.79 Å². The maximum absolute atomic E-state index is 12.5. The number of carbonyl (C=O) groups is 7. The Balaban J connectivity index is 0. The summed E-state index contributed by atoms with van der Waals surface area (Å²) < 4.78 is 449. The lowest BCUT2D eigenvalue weighted by Crippen LogP contribution is -2.49. The van der Waals surface area contributed by atoms with Gasteiger partial charge in [0.15, 0.2) is 29.0 Å². The second-order valence-corrected chi connectivity index (χ2v) is 27.4. The van der Waals surface area contributed by atoms with Crippen LogP contribution in [0.4, 0.5) is 58.5 Å². The molecule has 0 amide bonds. The standard InChI is InChI=1S/C11H18O6.C9H14O5.C7H3ClF6N2O4S2.C7H14O4.C7H12O3.2C6H7F3O4S.C5H8O2.C2H6O2.CH2O/c1-3-14-9(12)7-11(16-5-6-17-11)8-10(13)15-4-2;1-3-13-8(11)5-7(10)6-9(12)14-4-2;8-4-1-2-5(15-3-4)16(21(17,18)6(9,10)11)22(19,20)7(12,13)14;8-3-1-7(2-4-9)10-5-6-11-7;1-3-8-4-2-7(1)9-5-6-10-7;2*7-6(8,9)14(10,11)13-5-1-3-12-4-2-5;6-5-1-3-7-4-2-5;3-1-2-4;1-2/h3-8H2,1-2H3;3-6H2,1-2H3;1-3H;8-9H,1-6H2;1-6H2;2*1H,2-4H2;1-4H2;3-4H,1-2H2;1H2/i;;;5*3D2,4D2;;. The van der Waals surface area contributed by atoms with Crippen LogP contribution in [-0.4, -0.2) is 286 Å². The third-order valence-corrected chi connectivity index (χ3v) is 17.4. The van der Waals surface area contributed by atoms with Crippen LogP contribution in [0.3, 0.4) is 0 Å². The number of hydrogen-bond donors (Lipinski definition) is 4. The molecule has 0 radical (unpaired) electrons. The van der Waals surface area contributed by atoms with Crippen LogP contribution in [0.25, 0.3) is 0 Å². The highest BCUT2D eigenvalue weighted by Gasteiger charge is 2.62. The van der Waals surface area contributed by atoms with Crippen LogP contribution in [0.2, 0.25) is 5.02 Å².